The van der Waals surface area contributed by atoms with E-state index in [0.717, 1.165) is 43.3 Å². The zero-order valence-electron chi connectivity index (χ0n) is 13.6. The van der Waals surface area contributed by atoms with E-state index in [-0.39, 0.29) is 18.3 Å². The molecule has 3 rings (SSSR count). The second kappa shape index (κ2) is 9.26. The number of carbonyl (C=O) groups is 1. The molecule has 2 N–H and O–H groups in total. The van der Waals surface area contributed by atoms with Crippen molar-refractivity contribution in [2.75, 3.05) is 25.0 Å². The van der Waals surface area contributed by atoms with Crippen molar-refractivity contribution in [1.82, 2.24) is 5.32 Å². The molecule has 1 saturated heterocycles. The number of ether oxygens (including phenoxy) is 1. The number of amides is 1. The molecule has 0 aromatic heterocycles. The number of anilines is 1. The first-order chi connectivity index (χ1) is 10.8. The van der Waals surface area contributed by atoms with Crippen molar-refractivity contribution in [1.29, 1.82) is 0 Å². The van der Waals surface area contributed by atoms with Crippen molar-refractivity contribution < 1.29 is 9.53 Å². The monoisotopic (exact) mass is 338 g/mol. The van der Waals surface area contributed by atoms with Gasteiger partial charge in [0.05, 0.1) is 6.61 Å². The molecule has 5 heteroatoms. The lowest BCUT2D eigenvalue weighted by atomic mass is 10.0. The van der Waals surface area contributed by atoms with Gasteiger partial charge in [-0.3, -0.25) is 4.79 Å². The van der Waals surface area contributed by atoms with Gasteiger partial charge in [-0.15, -0.1) is 12.4 Å². The minimum atomic E-state index is 0. The smallest absolute Gasteiger partial charge is 0.224 e. The van der Waals surface area contributed by atoms with E-state index in [1.807, 2.05) is 24.3 Å². The van der Waals surface area contributed by atoms with Crippen LogP contribution in [-0.4, -0.2) is 25.6 Å². The largest absolute Gasteiger partial charge is 0.376 e. The first kappa shape index (κ1) is 18.2. The number of rotatable bonds is 8. The predicted molar refractivity (Wildman–Crippen MR) is 94.9 cm³/mol. The second-order valence-corrected chi connectivity index (χ2v) is 6.60. The number of carbonyl (C=O) groups excluding carboxylic acids is 1. The fraction of sp³-hybridized carbons (Fsp3) is 0.611. The Morgan fingerprint density at radius 2 is 2.13 bits per heavy atom. The van der Waals surface area contributed by atoms with Crippen LogP contribution in [-0.2, 0) is 16.1 Å². The fourth-order valence-corrected chi connectivity index (χ4v) is 2.89. The number of benzene rings is 1. The summed E-state index contributed by atoms with van der Waals surface area (Å²) in [5.74, 6) is 1.56. The van der Waals surface area contributed by atoms with Crippen LogP contribution in [0.25, 0.3) is 0 Å². The molecule has 1 saturated carbocycles. The number of hydrogen-bond donors (Lipinski definition) is 2. The van der Waals surface area contributed by atoms with E-state index < -0.39 is 0 Å². The highest BCUT2D eigenvalue weighted by Gasteiger charge is 2.21. The van der Waals surface area contributed by atoms with Gasteiger partial charge in [-0.1, -0.05) is 12.1 Å². The number of hydrogen-bond acceptors (Lipinski definition) is 3. The maximum Gasteiger partial charge on any atom is 0.224 e. The van der Waals surface area contributed by atoms with Gasteiger partial charge in [-0.25, -0.2) is 0 Å². The van der Waals surface area contributed by atoms with Gasteiger partial charge in [-0.2, -0.15) is 0 Å². The van der Waals surface area contributed by atoms with Crippen molar-refractivity contribution in [2.45, 2.75) is 38.7 Å². The van der Waals surface area contributed by atoms with Crippen molar-refractivity contribution >= 4 is 24.0 Å². The van der Waals surface area contributed by atoms with Gasteiger partial charge >= 0.3 is 0 Å². The van der Waals surface area contributed by atoms with Crippen LogP contribution >= 0.6 is 12.4 Å². The summed E-state index contributed by atoms with van der Waals surface area (Å²) in [5, 5.41) is 6.34. The molecule has 128 valence electrons. The normalized spacial score (nSPS) is 20.1. The molecule has 4 nitrogen and oxygen atoms in total. The maximum atomic E-state index is 12.0. The third-order valence-corrected chi connectivity index (χ3v) is 4.47. The van der Waals surface area contributed by atoms with Crippen molar-refractivity contribution in [2.24, 2.45) is 11.8 Å². The van der Waals surface area contributed by atoms with Gasteiger partial charge in [0.1, 0.15) is 0 Å². The van der Waals surface area contributed by atoms with Crippen LogP contribution in [0.2, 0.25) is 0 Å². The Bertz CT molecular complexity index is 500. The van der Waals surface area contributed by atoms with Gasteiger partial charge in [-0.05, 0) is 68.3 Å². The first-order valence-corrected chi connectivity index (χ1v) is 8.47. The van der Waals surface area contributed by atoms with Crippen LogP contribution in [0.4, 0.5) is 5.69 Å². The van der Waals surface area contributed by atoms with Crippen LogP contribution in [0.1, 0.15) is 37.7 Å². The third kappa shape index (κ3) is 6.50. The van der Waals surface area contributed by atoms with Crippen LogP contribution in [0.5, 0.6) is 0 Å². The molecule has 23 heavy (non-hydrogen) atoms. The lowest BCUT2D eigenvalue weighted by Crippen LogP contribution is -2.15. The SMILES string of the molecule is Cl.O=C(CCC1CCNC1)Nc1cccc(COCC2CC2)c1. The molecular weight excluding hydrogens is 312 g/mol. The number of nitrogens with one attached hydrogen (secondary N) is 2. The molecule has 1 unspecified atom stereocenters. The Balaban J connectivity index is 0.00000192. The summed E-state index contributed by atoms with van der Waals surface area (Å²) in [6, 6.07) is 7.99. The minimum Gasteiger partial charge on any atom is -0.376 e. The molecule has 2 aliphatic rings. The average Bonchev–Trinajstić information content (AvgIpc) is 3.19. The minimum absolute atomic E-state index is 0. The molecule has 0 spiro atoms. The molecule has 1 aromatic rings. The standard InChI is InChI=1S/C18H26N2O2.ClH/c21-18(7-6-14-8-9-19-11-14)20-17-3-1-2-16(10-17)13-22-12-15-4-5-15;/h1-3,10,14-15,19H,4-9,11-13H2,(H,20,21);1H. The van der Waals surface area contributed by atoms with Crippen molar-refractivity contribution in [3.63, 3.8) is 0 Å². The summed E-state index contributed by atoms with van der Waals surface area (Å²) in [6.07, 6.45) is 5.40. The van der Waals surface area contributed by atoms with Crippen molar-refractivity contribution in [3.05, 3.63) is 29.8 Å². The molecule has 1 amide bonds. The molecule has 1 atom stereocenters. The average molecular weight is 339 g/mol. The second-order valence-electron chi connectivity index (χ2n) is 6.60. The Morgan fingerprint density at radius 3 is 2.87 bits per heavy atom. The Morgan fingerprint density at radius 1 is 1.26 bits per heavy atom. The van der Waals surface area contributed by atoms with Crippen molar-refractivity contribution in [3.8, 4) is 0 Å². The van der Waals surface area contributed by atoms with Crippen LogP contribution in [0, 0.1) is 11.8 Å². The van der Waals surface area contributed by atoms with E-state index >= 15 is 0 Å². The van der Waals surface area contributed by atoms with Gasteiger partial charge in [0, 0.05) is 18.7 Å². The maximum absolute atomic E-state index is 12.0. The molecule has 0 radical (unpaired) electrons. The van der Waals surface area contributed by atoms with E-state index in [1.165, 1.54) is 19.3 Å². The summed E-state index contributed by atoms with van der Waals surface area (Å²) in [7, 11) is 0. The molecule has 1 aliphatic heterocycles. The Kier molecular flexibility index (Phi) is 7.34. The topological polar surface area (TPSA) is 50.4 Å². The van der Waals surface area contributed by atoms with Crippen LogP contribution in [0.3, 0.4) is 0 Å². The van der Waals surface area contributed by atoms with E-state index in [2.05, 4.69) is 10.6 Å². The molecule has 2 fully saturated rings. The highest BCUT2D eigenvalue weighted by Crippen LogP contribution is 2.29. The zero-order chi connectivity index (χ0) is 15.2. The quantitative estimate of drug-likeness (QED) is 0.764. The highest BCUT2D eigenvalue weighted by molar-refractivity contribution is 5.90. The fourth-order valence-electron chi connectivity index (χ4n) is 2.89. The molecule has 1 heterocycles. The zero-order valence-corrected chi connectivity index (χ0v) is 14.4. The van der Waals surface area contributed by atoms with E-state index in [4.69, 9.17) is 4.74 Å². The van der Waals surface area contributed by atoms with E-state index in [9.17, 15) is 4.79 Å². The Hall–Kier alpha value is -1.10. The van der Waals surface area contributed by atoms with Gasteiger partial charge in [0.15, 0.2) is 0 Å². The summed E-state index contributed by atoms with van der Waals surface area (Å²) in [5.41, 5.74) is 2.00. The lowest BCUT2D eigenvalue weighted by Gasteiger charge is -2.10. The van der Waals surface area contributed by atoms with E-state index in [0.29, 0.717) is 18.9 Å². The molecule has 0 bridgehead atoms. The molecular formula is C18H27ClN2O2. The van der Waals surface area contributed by atoms with Crippen LogP contribution < -0.4 is 10.6 Å². The molecule has 1 aromatic carbocycles. The first-order valence-electron chi connectivity index (χ1n) is 8.47. The molecule has 1 aliphatic carbocycles. The van der Waals surface area contributed by atoms with Gasteiger partial charge < -0.3 is 15.4 Å². The summed E-state index contributed by atoms with van der Waals surface area (Å²) < 4.78 is 5.70. The number of halogens is 1. The third-order valence-electron chi connectivity index (χ3n) is 4.47. The summed E-state index contributed by atoms with van der Waals surface area (Å²) >= 11 is 0. The Labute approximate surface area is 144 Å². The predicted octanol–water partition coefficient (Wildman–Crippen LogP) is 3.36. The summed E-state index contributed by atoms with van der Waals surface area (Å²) in [4.78, 5) is 12.0. The highest BCUT2D eigenvalue weighted by atomic mass is 35.5. The van der Waals surface area contributed by atoms with Gasteiger partial charge in [0.2, 0.25) is 5.91 Å². The van der Waals surface area contributed by atoms with E-state index in [1.54, 1.807) is 0 Å². The van der Waals surface area contributed by atoms with Crippen LogP contribution in [0.15, 0.2) is 24.3 Å². The lowest BCUT2D eigenvalue weighted by molar-refractivity contribution is -0.116. The summed E-state index contributed by atoms with van der Waals surface area (Å²) in [6.45, 7) is 3.65. The van der Waals surface area contributed by atoms with Gasteiger partial charge in [0.25, 0.3) is 0 Å².